The summed E-state index contributed by atoms with van der Waals surface area (Å²) in [5.74, 6) is -0.564. The third-order valence-electron chi connectivity index (χ3n) is 4.30. The number of anilines is 1. The first-order chi connectivity index (χ1) is 11.9. The van der Waals surface area contributed by atoms with E-state index in [4.69, 9.17) is 5.73 Å². The van der Waals surface area contributed by atoms with Crippen LogP contribution in [0.15, 0.2) is 11.4 Å². The van der Waals surface area contributed by atoms with Crippen LogP contribution in [0.1, 0.15) is 43.5 Å². The molecule has 1 fully saturated rings. The van der Waals surface area contributed by atoms with Gasteiger partial charge >= 0.3 is 0 Å². The first-order valence-electron chi connectivity index (χ1n) is 8.56. The van der Waals surface area contributed by atoms with Crippen molar-refractivity contribution in [3.05, 3.63) is 17.0 Å². The SMILES string of the molecule is CC(C)C(=O)NC1CCN(CCC(=O)Nc2sccc2C(N)=O)CC1. The maximum atomic E-state index is 12.1. The highest BCUT2D eigenvalue weighted by Crippen LogP contribution is 2.22. The van der Waals surface area contributed by atoms with Crippen molar-refractivity contribution in [2.45, 2.75) is 39.2 Å². The van der Waals surface area contributed by atoms with Crippen molar-refractivity contribution in [1.29, 1.82) is 0 Å². The molecule has 0 saturated carbocycles. The van der Waals surface area contributed by atoms with Crippen LogP contribution in [0.2, 0.25) is 0 Å². The molecule has 4 N–H and O–H groups in total. The number of amides is 3. The van der Waals surface area contributed by atoms with E-state index in [2.05, 4.69) is 15.5 Å². The quantitative estimate of drug-likeness (QED) is 0.678. The normalized spacial score (nSPS) is 16.0. The molecular weight excluding hydrogens is 340 g/mol. The van der Waals surface area contributed by atoms with Crippen LogP contribution in [-0.2, 0) is 9.59 Å². The van der Waals surface area contributed by atoms with E-state index in [1.807, 2.05) is 13.8 Å². The van der Waals surface area contributed by atoms with E-state index in [1.54, 1.807) is 11.4 Å². The minimum Gasteiger partial charge on any atom is -0.366 e. The predicted molar refractivity (Wildman–Crippen MR) is 98.5 cm³/mol. The third kappa shape index (κ3) is 5.82. The molecule has 1 saturated heterocycles. The van der Waals surface area contributed by atoms with Crippen LogP contribution in [0, 0.1) is 5.92 Å². The second-order valence-corrected chi connectivity index (χ2v) is 7.52. The number of hydrogen-bond acceptors (Lipinski definition) is 5. The van der Waals surface area contributed by atoms with Gasteiger partial charge in [-0.1, -0.05) is 13.8 Å². The lowest BCUT2D eigenvalue weighted by molar-refractivity contribution is -0.125. The standard InChI is InChI=1S/C17H26N4O3S/c1-11(2)16(24)19-12-3-7-21(8-4-12)9-5-14(22)20-17-13(15(18)23)6-10-25-17/h6,10-12H,3-5,7-9H2,1-2H3,(H2,18,23)(H,19,24)(H,20,22). The zero-order chi connectivity index (χ0) is 18.4. The summed E-state index contributed by atoms with van der Waals surface area (Å²) in [6.07, 6.45) is 2.16. The smallest absolute Gasteiger partial charge is 0.251 e. The number of primary amides is 1. The molecule has 0 aromatic carbocycles. The molecule has 1 aromatic rings. The van der Waals surface area contributed by atoms with Crippen LogP contribution in [0.3, 0.4) is 0 Å². The monoisotopic (exact) mass is 366 g/mol. The number of piperidine rings is 1. The van der Waals surface area contributed by atoms with E-state index in [0.717, 1.165) is 25.9 Å². The number of hydrogen-bond donors (Lipinski definition) is 3. The zero-order valence-corrected chi connectivity index (χ0v) is 15.5. The lowest BCUT2D eigenvalue weighted by atomic mass is 10.0. The summed E-state index contributed by atoms with van der Waals surface area (Å²) >= 11 is 1.29. The Kier molecular flexibility index (Phi) is 6.95. The molecule has 0 radical (unpaired) electrons. The van der Waals surface area contributed by atoms with Gasteiger partial charge in [-0.05, 0) is 24.3 Å². The summed E-state index contributed by atoms with van der Waals surface area (Å²) in [5.41, 5.74) is 5.62. The van der Waals surface area contributed by atoms with Crippen molar-refractivity contribution in [3.8, 4) is 0 Å². The topological polar surface area (TPSA) is 105 Å². The van der Waals surface area contributed by atoms with Crippen LogP contribution in [0.4, 0.5) is 5.00 Å². The lowest BCUT2D eigenvalue weighted by Crippen LogP contribution is -2.46. The second kappa shape index (κ2) is 8.96. The van der Waals surface area contributed by atoms with Gasteiger partial charge in [0.25, 0.3) is 5.91 Å². The predicted octanol–water partition coefficient (Wildman–Crippen LogP) is 1.41. The number of carbonyl (C=O) groups excluding carboxylic acids is 3. The molecule has 0 unspecified atom stereocenters. The maximum Gasteiger partial charge on any atom is 0.251 e. The Labute approximate surface area is 151 Å². The second-order valence-electron chi connectivity index (χ2n) is 6.61. The van der Waals surface area contributed by atoms with Crippen molar-refractivity contribution >= 4 is 34.1 Å². The molecule has 1 aromatic heterocycles. The first kappa shape index (κ1) is 19.4. The highest BCUT2D eigenvalue weighted by Gasteiger charge is 2.22. The Morgan fingerprint density at radius 3 is 2.60 bits per heavy atom. The Bertz CT molecular complexity index is 621. The van der Waals surface area contributed by atoms with Gasteiger partial charge in [-0.15, -0.1) is 11.3 Å². The van der Waals surface area contributed by atoms with Gasteiger partial charge in [-0.2, -0.15) is 0 Å². The van der Waals surface area contributed by atoms with Crippen LogP contribution >= 0.6 is 11.3 Å². The minimum absolute atomic E-state index is 0.00395. The Morgan fingerprint density at radius 2 is 2.00 bits per heavy atom. The van der Waals surface area contributed by atoms with Crippen molar-refractivity contribution < 1.29 is 14.4 Å². The van der Waals surface area contributed by atoms with Crippen molar-refractivity contribution in [2.75, 3.05) is 25.0 Å². The number of thiophene rings is 1. The molecule has 138 valence electrons. The van der Waals surface area contributed by atoms with E-state index >= 15 is 0 Å². The molecule has 0 atom stereocenters. The number of rotatable bonds is 7. The fraction of sp³-hybridized carbons (Fsp3) is 0.588. The molecule has 25 heavy (non-hydrogen) atoms. The van der Waals surface area contributed by atoms with E-state index in [1.165, 1.54) is 11.3 Å². The molecule has 2 rings (SSSR count). The summed E-state index contributed by atoms with van der Waals surface area (Å²) in [4.78, 5) is 37.3. The molecule has 0 bridgehead atoms. The maximum absolute atomic E-state index is 12.1. The van der Waals surface area contributed by atoms with Crippen LogP contribution in [0.5, 0.6) is 0 Å². The number of nitrogens with one attached hydrogen (secondary N) is 2. The summed E-state index contributed by atoms with van der Waals surface area (Å²) in [5, 5.41) is 8.05. The van der Waals surface area contributed by atoms with Gasteiger partial charge in [0.15, 0.2) is 0 Å². The van der Waals surface area contributed by atoms with Crippen LogP contribution < -0.4 is 16.4 Å². The molecule has 8 heteroatoms. The fourth-order valence-electron chi connectivity index (χ4n) is 2.72. The average molecular weight is 366 g/mol. The molecule has 1 aliphatic heterocycles. The number of nitrogens with zero attached hydrogens (tertiary/aromatic N) is 1. The highest BCUT2D eigenvalue weighted by atomic mass is 32.1. The summed E-state index contributed by atoms with van der Waals surface area (Å²) in [6.45, 7) is 6.16. The molecule has 2 heterocycles. The first-order valence-corrected chi connectivity index (χ1v) is 9.44. The van der Waals surface area contributed by atoms with Crippen molar-refractivity contribution in [3.63, 3.8) is 0 Å². The van der Waals surface area contributed by atoms with Crippen LogP contribution in [0.25, 0.3) is 0 Å². The van der Waals surface area contributed by atoms with Gasteiger partial charge in [-0.3, -0.25) is 14.4 Å². The zero-order valence-electron chi connectivity index (χ0n) is 14.7. The molecule has 3 amide bonds. The fourth-order valence-corrected chi connectivity index (χ4v) is 3.53. The third-order valence-corrected chi connectivity index (χ3v) is 5.13. The Balaban J connectivity index is 1.70. The highest BCUT2D eigenvalue weighted by molar-refractivity contribution is 7.14. The molecular formula is C17H26N4O3S. The lowest BCUT2D eigenvalue weighted by Gasteiger charge is -2.32. The van der Waals surface area contributed by atoms with E-state index in [9.17, 15) is 14.4 Å². The average Bonchev–Trinajstić information content (AvgIpc) is 3.02. The molecule has 0 aliphatic carbocycles. The number of likely N-dealkylation sites (tertiary alicyclic amines) is 1. The minimum atomic E-state index is -0.540. The molecule has 7 nitrogen and oxygen atoms in total. The van der Waals surface area contributed by atoms with Gasteiger partial charge in [0.2, 0.25) is 11.8 Å². The van der Waals surface area contributed by atoms with E-state index in [-0.39, 0.29) is 23.8 Å². The summed E-state index contributed by atoms with van der Waals surface area (Å²) < 4.78 is 0. The van der Waals surface area contributed by atoms with Gasteiger partial charge in [0, 0.05) is 38.0 Å². The summed E-state index contributed by atoms with van der Waals surface area (Å²) in [6, 6.07) is 1.84. The largest absolute Gasteiger partial charge is 0.366 e. The molecule has 0 spiro atoms. The Hall–Kier alpha value is -1.93. The van der Waals surface area contributed by atoms with E-state index in [0.29, 0.717) is 23.5 Å². The van der Waals surface area contributed by atoms with Gasteiger partial charge in [0.1, 0.15) is 5.00 Å². The number of nitrogens with two attached hydrogens (primary N) is 1. The molecule has 1 aliphatic rings. The Morgan fingerprint density at radius 1 is 1.32 bits per heavy atom. The van der Waals surface area contributed by atoms with Crippen LogP contribution in [-0.4, -0.2) is 48.3 Å². The van der Waals surface area contributed by atoms with E-state index < -0.39 is 5.91 Å². The van der Waals surface area contributed by atoms with Gasteiger partial charge < -0.3 is 21.3 Å². The van der Waals surface area contributed by atoms with Gasteiger partial charge in [0.05, 0.1) is 5.56 Å². The summed E-state index contributed by atoms with van der Waals surface area (Å²) in [7, 11) is 0. The van der Waals surface area contributed by atoms with Crippen molar-refractivity contribution in [2.24, 2.45) is 11.7 Å². The van der Waals surface area contributed by atoms with Crippen molar-refractivity contribution in [1.82, 2.24) is 10.2 Å². The number of carbonyl (C=O) groups is 3. The van der Waals surface area contributed by atoms with Gasteiger partial charge in [-0.25, -0.2) is 0 Å².